The van der Waals surface area contributed by atoms with Crippen LogP contribution in [0.3, 0.4) is 0 Å². The summed E-state index contributed by atoms with van der Waals surface area (Å²) in [5, 5.41) is 15.7. The maximum absolute atomic E-state index is 12.4. The first kappa shape index (κ1) is 27.8. The van der Waals surface area contributed by atoms with Crippen LogP contribution in [0.25, 0.3) is 10.8 Å². The first-order chi connectivity index (χ1) is 20.5. The van der Waals surface area contributed by atoms with E-state index in [2.05, 4.69) is 32.5 Å². The van der Waals surface area contributed by atoms with Gasteiger partial charge in [-0.1, -0.05) is 41.9 Å². The number of hydrazone groups is 1. The quantitative estimate of drug-likeness (QED) is 0.213. The minimum atomic E-state index is -0.425. The van der Waals surface area contributed by atoms with Gasteiger partial charge >= 0.3 is 0 Å². The lowest BCUT2D eigenvalue weighted by Crippen LogP contribution is -2.47. The van der Waals surface area contributed by atoms with Crippen molar-refractivity contribution in [2.45, 2.75) is 6.54 Å². The number of phenolic OH excluding ortho intramolecular Hbond substituents is 1. The summed E-state index contributed by atoms with van der Waals surface area (Å²) < 4.78 is 17.2. The van der Waals surface area contributed by atoms with Gasteiger partial charge in [0.25, 0.3) is 5.91 Å². The normalized spacial score (nSPS) is 15.4. The van der Waals surface area contributed by atoms with Crippen molar-refractivity contribution in [2.75, 3.05) is 46.1 Å². The van der Waals surface area contributed by atoms with Gasteiger partial charge in [0.15, 0.2) is 11.5 Å². The van der Waals surface area contributed by atoms with Crippen LogP contribution in [-0.2, 0) is 6.54 Å². The predicted molar refractivity (Wildman–Crippen MR) is 162 cm³/mol. The maximum Gasteiger partial charge on any atom is 0.271 e. The van der Waals surface area contributed by atoms with E-state index in [1.807, 2.05) is 42.5 Å². The zero-order chi connectivity index (χ0) is 28.9. The highest BCUT2D eigenvalue weighted by molar-refractivity contribution is 6.32. The molecule has 4 aromatic carbocycles. The van der Waals surface area contributed by atoms with Crippen LogP contribution in [0, 0.1) is 0 Å². The van der Waals surface area contributed by atoms with Crippen molar-refractivity contribution in [3.63, 3.8) is 0 Å². The summed E-state index contributed by atoms with van der Waals surface area (Å²) in [5.41, 5.74) is 4.90. The number of hydrogen-bond donors (Lipinski definition) is 2. The van der Waals surface area contributed by atoms with Crippen molar-refractivity contribution in [1.29, 1.82) is 0 Å². The Morgan fingerprint density at radius 3 is 2.57 bits per heavy atom. The summed E-state index contributed by atoms with van der Waals surface area (Å²) in [7, 11) is 0. The largest absolute Gasteiger partial charge is 0.506 e. The van der Waals surface area contributed by atoms with Crippen LogP contribution in [0.1, 0.15) is 21.5 Å². The lowest BCUT2D eigenvalue weighted by atomic mass is 10.0. The van der Waals surface area contributed by atoms with E-state index in [0.717, 1.165) is 72.9 Å². The fourth-order valence-electron chi connectivity index (χ4n) is 5.16. The summed E-state index contributed by atoms with van der Waals surface area (Å²) in [6, 6.07) is 22.3. The molecule has 42 heavy (non-hydrogen) atoms. The molecule has 1 fully saturated rings. The topological polar surface area (TPSA) is 95.9 Å². The zero-order valence-electron chi connectivity index (χ0n) is 23.0. The van der Waals surface area contributed by atoms with Gasteiger partial charge in [-0.05, 0) is 53.4 Å². The summed E-state index contributed by atoms with van der Waals surface area (Å²) in [5.74, 6) is 1.96. The Morgan fingerprint density at radius 1 is 0.952 bits per heavy atom. The SMILES string of the molecule is O=C(NN=Cc1ccc(OCCN2CCN(Cc3ccc4c(c3)OCO4)CC2)c2ccccc12)c1ccc(O)c(Cl)c1. The molecule has 0 aromatic heterocycles. The average Bonchev–Trinajstić information content (AvgIpc) is 3.48. The number of carbonyl (C=O) groups is 1. The number of hydrogen-bond acceptors (Lipinski definition) is 8. The Balaban J connectivity index is 1.00. The molecular weight excluding hydrogens is 556 g/mol. The number of benzene rings is 4. The summed E-state index contributed by atoms with van der Waals surface area (Å²) in [4.78, 5) is 17.3. The summed E-state index contributed by atoms with van der Waals surface area (Å²) in [6.45, 7) is 6.62. The van der Waals surface area contributed by atoms with Gasteiger partial charge in [0.05, 0.1) is 11.2 Å². The number of rotatable bonds is 9. The van der Waals surface area contributed by atoms with Crippen LogP contribution in [0.15, 0.2) is 77.9 Å². The van der Waals surface area contributed by atoms with Gasteiger partial charge in [-0.2, -0.15) is 5.10 Å². The summed E-state index contributed by atoms with van der Waals surface area (Å²) >= 11 is 5.90. The van der Waals surface area contributed by atoms with E-state index < -0.39 is 5.91 Å². The molecule has 216 valence electrons. The third-order valence-electron chi connectivity index (χ3n) is 7.47. The number of amides is 1. The molecular formula is C32H31ClN4O5. The molecule has 0 aliphatic carbocycles. The van der Waals surface area contributed by atoms with Crippen molar-refractivity contribution in [3.8, 4) is 23.0 Å². The number of halogens is 1. The monoisotopic (exact) mass is 586 g/mol. The Bertz CT molecular complexity index is 1620. The molecule has 0 unspecified atom stereocenters. The van der Waals surface area contributed by atoms with Crippen LogP contribution in [0.5, 0.6) is 23.0 Å². The van der Waals surface area contributed by atoms with Gasteiger partial charge in [-0.25, -0.2) is 5.43 Å². The molecule has 10 heteroatoms. The predicted octanol–water partition coefficient (Wildman–Crippen LogP) is 4.89. The van der Waals surface area contributed by atoms with E-state index in [1.165, 1.54) is 23.8 Å². The fraction of sp³-hybridized carbons (Fsp3) is 0.250. The van der Waals surface area contributed by atoms with Crippen molar-refractivity contribution in [2.24, 2.45) is 5.10 Å². The van der Waals surface area contributed by atoms with Gasteiger partial charge in [0.1, 0.15) is 18.1 Å². The van der Waals surface area contributed by atoms with Crippen LogP contribution in [-0.4, -0.2) is 73.2 Å². The minimum absolute atomic E-state index is 0.0816. The fourth-order valence-corrected chi connectivity index (χ4v) is 5.34. The van der Waals surface area contributed by atoms with Gasteiger partial charge in [-0.15, -0.1) is 0 Å². The molecule has 1 saturated heterocycles. The molecule has 2 aliphatic rings. The third-order valence-corrected chi connectivity index (χ3v) is 7.77. The first-order valence-corrected chi connectivity index (χ1v) is 14.2. The number of fused-ring (bicyclic) bond motifs is 2. The molecule has 0 atom stereocenters. The lowest BCUT2D eigenvalue weighted by Gasteiger charge is -2.34. The van der Waals surface area contributed by atoms with Crippen molar-refractivity contribution >= 4 is 34.5 Å². The molecule has 4 aromatic rings. The first-order valence-electron chi connectivity index (χ1n) is 13.8. The van der Waals surface area contributed by atoms with E-state index in [4.69, 9.17) is 25.8 Å². The van der Waals surface area contributed by atoms with Crippen molar-refractivity contribution in [1.82, 2.24) is 15.2 Å². The highest BCUT2D eigenvalue weighted by Gasteiger charge is 2.19. The Morgan fingerprint density at radius 2 is 1.74 bits per heavy atom. The van der Waals surface area contributed by atoms with Gasteiger partial charge < -0.3 is 19.3 Å². The molecule has 0 radical (unpaired) electrons. The minimum Gasteiger partial charge on any atom is -0.506 e. The molecule has 2 heterocycles. The summed E-state index contributed by atoms with van der Waals surface area (Å²) in [6.07, 6.45) is 1.61. The third kappa shape index (κ3) is 6.44. The smallest absolute Gasteiger partial charge is 0.271 e. The number of ether oxygens (including phenoxy) is 3. The van der Waals surface area contributed by atoms with E-state index >= 15 is 0 Å². The molecule has 2 N–H and O–H groups in total. The lowest BCUT2D eigenvalue weighted by molar-refractivity contribution is 0.0955. The van der Waals surface area contributed by atoms with Crippen molar-refractivity contribution < 1.29 is 24.1 Å². The molecule has 0 saturated carbocycles. The number of nitrogens with zero attached hydrogens (tertiary/aromatic N) is 3. The second-order valence-electron chi connectivity index (χ2n) is 10.2. The highest BCUT2D eigenvalue weighted by atomic mass is 35.5. The van der Waals surface area contributed by atoms with E-state index in [0.29, 0.717) is 19.0 Å². The van der Waals surface area contributed by atoms with Gasteiger partial charge in [-0.3, -0.25) is 14.6 Å². The van der Waals surface area contributed by atoms with E-state index in [1.54, 1.807) is 6.21 Å². The number of nitrogens with one attached hydrogen (secondary N) is 1. The second-order valence-corrected chi connectivity index (χ2v) is 10.6. The van der Waals surface area contributed by atoms with Crippen molar-refractivity contribution in [3.05, 3.63) is 94.5 Å². The molecule has 0 bridgehead atoms. The Kier molecular flexibility index (Phi) is 8.41. The number of phenols is 1. The Hall–Kier alpha value is -4.31. The number of piperazine rings is 1. The van der Waals surface area contributed by atoms with Gasteiger partial charge in [0, 0.05) is 55.8 Å². The van der Waals surface area contributed by atoms with Gasteiger partial charge in [0.2, 0.25) is 6.79 Å². The Labute approximate surface area is 248 Å². The van der Waals surface area contributed by atoms with Crippen LogP contribution in [0.2, 0.25) is 5.02 Å². The number of carbonyl (C=O) groups excluding carboxylic acids is 1. The highest BCUT2D eigenvalue weighted by Crippen LogP contribution is 2.33. The zero-order valence-corrected chi connectivity index (χ0v) is 23.7. The molecule has 6 rings (SSSR count). The molecule has 9 nitrogen and oxygen atoms in total. The average molecular weight is 587 g/mol. The second kappa shape index (κ2) is 12.7. The number of aromatic hydroxyl groups is 1. The van der Waals surface area contributed by atoms with E-state index in [9.17, 15) is 9.90 Å². The van der Waals surface area contributed by atoms with Crippen LogP contribution >= 0.6 is 11.6 Å². The van der Waals surface area contributed by atoms with Crippen LogP contribution < -0.4 is 19.6 Å². The molecule has 1 amide bonds. The molecule has 0 spiro atoms. The standard InChI is InChI=1S/C32H31ClN4O5/c33-27-18-23(6-8-28(27)38)32(39)35-34-19-24-7-10-29(26-4-2-1-3-25(24)26)40-16-15-36-11-13-37(14-12-36)20-22-5-9-30-31(17-22)42-21-41-30/h1-10,17-19,38H,11-16,20-21H2,(H,35,39). The van der Waals surface area contributed by atoms with Crippen LogP contribution in [0.4, 0.5) is 0 Å². The van der Waals surface area contributed by atoms with E-state index in [-0.39, 0.29) is 10.8 Å². The maximum atomic E-state index is 12.4. The molecule has 2 aliphatic heterocycles.